The molecule has 0 bridgehead atoms. The standard InChI is InChI=1S/C17H29NO2/c1-2-3-4-5-6-7-8-9-10-11-12-15-18-16(19)13-14-17(18)20/h11-12H,2-10,13-15H2,1H3. The van der Waals surface area contributed by atoms with Gasteiger partial charge < -0.3 is 0 Å². The van der Waals surface area contributed by atoms with Crippen LogP contribution in [0.15, 0.2) is 12.2 Å². The maximum Gasteiger partial charge on any atom is 0.229 e. The summed E-state index contributed by atoms with van der Waals surface area (Å²) >= 11 is 0. The first kappa shape index (κ1) is 16.9. The van der Waals surface area contributed by atoms with Crippen molar-refractivity contribution in [1.82, 2.24) is 4.90 Å². The molecule has 0 radical (unpaired) electrons. The number of nitrogens with zero attached hydrogens (tertiary/aromatic N) is 1. The highest BCUT2D eigenvalue weighted by Crippen LogP contribution is 2.12. The molecule has 2 amide bonds. The molecule has 3 heteroatoms. The predicted molar refractivity (Wildman–Crippen MR) is 82.3 cm³/mol. The fourth-order valence-corrected chi connectivity index (χ4v) is 2.52. The van der Waals surface area contributed by atoms with Crippen molar-refractivity contribution in [3.63, 3.8) is 0 Å². The summed E-state index contributed by atoms with van der Waals surface area (Å²) in [5, 5.41) is 0. The molecular formula is C17H29NO2. The summed E-state index contributed by atoms with van der Waals surface area (Å²) in [6.07, 6.45) is 16.6. The fourth-order valence-electron chi connectivity index (χ4n) is 2.52. The molecule has 1 aliphatic heterocycles. The molecule has 0 N–H and O–H groups in total. The van der Waals surface area contributed by atoms with Crippen molar-refractivity contribution in [3.05, 3.63) is 12.2 Å². The number of likely N-dealkylation sites (tertiary alicyclic amines) is 1. The molecule has 0 aromatic heterocycles. The summed E-state index contributed by atoms with van der Waals surface area (Å²) in [7, 11) is 0. The molecule has 20 heavy (non-hydrogen) atoms. The third-order valence-electron chi connectivity index (χ3n) is 3.83. The molecule has 0 aliphatic carbocycles. The first-order valence-electron chi connectivity index (χ1n) is 8.24. The molecule has 1 saturated heterocycles. The Morgan fingerprint density at radius 2 is 1.40 bits per heavy atom. The number of hydrogen-bond donors (Lipinski definition) is 0. The Hall–Kier alpha value is -1.12. The first-order chi connectivity index (χ1) is 9.75. The third kappa shape index (κ3) is 6.88. The summed E-state index contributed by atoms with van der Waals surface area (Å²) < 4.78 is 0. The van der Waals surface area contributed by atoms with Gasteiger partial charge in [-0.05, 0) is 12.8 Å². The van der Waals surface area contributed by atoms with Gasteiger partial charge in [0.15, 0.2) is 0 Å². The van der Waals surface area contributed by atoms with Crippen molar-refractivity contribution in [2.75, 3.05) is 6.54 Å². The number of rotatable bonds is 11. The van der Waals surface area contributed by atoms with E-state index in [9.17, 15) is 9.59 Å². The summed E-state index contributed by atoms with van der Waals surface area (Å²) in [6, 6.07) is 0. The zero-order valence-corrected chi connectivity index (χ0v) is 12.9. The van der Waals surface area contributed by atoms with E-state index in [0.717, 1.165) is 6.42 Å². The van der Waals surface area contributed by atoms with Crippen LogP contribution in [0.4, 0.5) is 0 Å². The number of carbonyl (C=O) groups excluding carboxylic acids is 2. The van der Waals surface area contributed by atoms with E-state index in [4.69, 9.17) is 0 Å². The van der Waals surface area contributed by atoms with Gasteiger partial charge in [-0.25, -0.2) is 0 Å². The topological polar surface area (TPSA) is 37.4 Å². The second kappa shape index (κ2) is 10.6. The van der Waals surface area contributed by atoms with Gasteiger partial charge in [0.25, 0.3) is 0 Å². The number of amides is 2. The lowest BCUT2D eigenvalue weighted by atomic mass is 10.1. The number of imide groups is 1. The fraction of sp³-hybridized carbons (Fsp3) is 0.765. The summed E-state index contributed by atoms with van der Waals surface area (Å²) in [4.78, 5) is 24.1. The van der Waals surface area contributed by atoms with Gasteiger partial charge in [-0.15, -0.1) is 0 Å². The van der Waals surface area contributed by atoms with Crippen molar-refractivity contribution < 1.29 is 9.59 Å². The summed E-state index contributed by atoms with van der Waals surface area (Å²) in [5.74, 6) is -0.0431. The highest BCUT2D eigenvalue weighted by molar-refractivity contribution is 6.02. The average molecular weight is 279 g/mol. The molecule has 0 aromatic carbocycles. The van der Waals surface area contributed by atoms with Crippen molar-refractivity contribution in [2.45, 2.75) is 77.6 Å². The van der Waals surface area contributed by atoms with E-state index < -0.39 is 0 Å². The van der Waals surface area contributed by atoms with Crippen LogP contribution in [0.3, 0.4) is 0 Å². The number of hydrogen-bond acceptors (Lipinski definition) is 2. The lowest BCUT2D eigenvalue weighted by Crippen LogP contribution is -2.28. The molecule has 0 aromatic rings. The van der Waals surface area contributed by atoms with Gasteiger partial charge in [-0.2, -0.15) is 0 Å². The van der Waals surface area contributed by atoms with Crippen LogP contribution in [0.1, 0.15) is 77.6 Å². The van der Waals surface area contributed by atoms with E-state index >= 15 is 0 Å². The molecule has 0 unspecified atom stereocenters. The largest absolute Gasteiger partial charge is 0.279 e. The van der Waals surface area contributed by atoms with Crippen LogP contribution in [0.2, 0.25) is 0 Å². The Kier molecular flexibility index (Phi) is 9.01. The third-order valence-corrected chi connectivity index (χ3v) is 3.83. The van der Waals surface area contributed by atoms with Gasteiger partial charge in [0.1, 0.15) is 0 Å². The molecule has 1 aliphatic rings. The number of carbonyl (C=O) groups is 2. The monoisotopic (exact) mass is 279 g/mol. The molecule has 0 spiro atoms. The molecule has 3 nitrogen and oxygen atoms in total. The lowest BCUT2D eigenvalue weighted by Gasteiger charge is -2.09. The zero-order chi connectivity index (χ0) is 14.6. The highest BCUT2D eigenvalue weighted by atomic mass is 16.2. The van der Waals surface area contributed by atoms with E-state index in [-0.39, 0.29) is 11.8 Å². The SMILES string of the molecule is CCCCCCCCCCC=CCN1C(=O)CCC1=O. The van der Waals surface area contributed by atoms with Crippen LogP contribution in [-0.4, -0.2) is 23.3 Å². The summed E-state index contributed by atoms with van der Waals surface area (Å²) in [6.45, 7) is 2.71. The van der Waals surface area contributed by atoms with Gasteiger partial charge >= 0.3 is 0 Å². The molecule has 0 atom stereocenters. The van der Waals surface area contributed by atoms with Gasteiger partial charge in [-0.1, -0.05) is 64.0 Å². The zero-order valence-electron chi connectivity index (χ0n) is 12.9. The minimum Gasteiger partial charge on any atom is -0.279 e. The Balaban J connectivity index is 1.92. The van der Waals surface area contributed by atoms with Gasteiger partial charge in [0, 0.05) is 19.4 Å². The molecule has 1 rings (SSSR count). The Morgan fingerprint density at radius 3 is 2.00 bits per heavy atom. The molecular weight excluding hydrogens is 250 g/mol. The Morgan fingerprint density at radius 1 is 0.850 bits per heavy atom. The average Bonchev–Trinajstić information content (AvgIpc) is 2.76. The molecule has 1 fully saturated rings. The van der Waals surface area contributed by atoms with Crippen LogP contribution >= 0.6 is 0 Å². The molecule has 1 heterocycles. The van der Waals surface area contributed by atoms with E-state index in [1.165, 1.54) is 56.3 Å². The van der Waals surface area contributed by atoms with E-state index in [1.54, 1.807) is 0 Å². The van der Waals surface area contributed by atoms with E-state index in [0.29, 0.717) is 19.4 Å². The highest BCUT2D eigenvalue weighted by Gasteiger charge is 2.27. The quantitative estimate of drug-likeness (QED) is 0.322. The smallest absolute Gasteiger partial charge is 0.229 e. The number of allylic oxidation sites excluding steroid dienone is 1. The van der Waals surface area contributed by atoms with Crippen LogP contribution in [-0.2, 0) is 9.59 Å². The second-order valence-electron chi connectivity index (χ2n) is 5.63. The number of unbranched alkanes of at least 4 members (excludes halogenated alkanes) is 8. The van der Waals surface area contributed by atoms with Crippen molar-refractivity contribution >= 4 is 11.8 Å². The summed E-state index contributed by atoms with van der Waals surface area (Å²) in [5.41, 5.74) is 0. The van der Waals surface area contributed by atoms with Gasteiger partial charge in [-0.3, -0.25) is 14.5 Å². The maximum atomic E-state index is 11.4. The maximum absolute atomic E-state index is 11.4. The van der Waals surface area contributed by atoms with Crippen molar-refractivity contribution in [3.8, 4) is 0 Å². The minimum atomic E-state index is -0.0215. The van der Waals surface area contributed by atoms with Gasteiger partial charge in [0.2, 0.25) is 11.8 Å². The minimum absolute atomic E-state index is 0.0215. The van der Waals surface area contributed by atoms with Crippen molar-refractivity contribution in [1.29, 1.82) is 0 Å². The van der Waals surface area contributed by atoms with Crippen LogP contribution < -0.4 is 0 Å². The molecule has 114 valence electrons. The Labute approximate surface area is 123 Å². The lowest BCUT2D eigenvalue weighted by molar-refractivity contribution is -0.137. The van der Waals surface area contributed by atoms with Crippen LogP contribution in [0, 0.1) is 0 Å². The second-order valence-corrected chi connectivity index (χ2v) is 5.63. The van der Waals surface area contributed by atoms with E-state index in [1.807, 2.05) is 6.08 Å². The normalized spacial score (nSPS) is 15.8. The first-order valence-corrected chi connectivity index (χ1v) is 8.24. The van der Waals surface area contributed by atoms with Crippen molar-refractivity contribution in [2.24, 2.45) is 0 Å². The van der Waals surface area contributed by atoms with E-state index in [2.05, 4.69) is 13.0 Å². The Bertz CT molecular complexity index is 307. The predicted octanol–water partition coefficient (Wildman–Crippen LogP) is 4.22. The van der Waals surface area contributed by atoms with Gasteiger partial charge in [0.05, 0.1) is 0 Å². The van der Waals surface area contributed by atoms with Crippen LogP contribution in [0.5, 0.6) is 0 Å². The van der Waals surface area contributed by atoms with Crippen LogP contribution in [0.25, 0.3) is 0 Å². The molecule has 0 saturated carbocycles.